The van der Waals surface area contributed by atoms with Crippen LogP contribution in [-0.4, -0.2) is 49.3 Å². The van der Waals surface area contributed by atoms with Gasteiger partial charge in [0.15, 0.2) is 0 Å². The highest BCUT2D eigenvalue weighted by molar-refractivity contribution is 7.89. The lowest BCUT2D eigenvalue weighted by Crippen LogP contribution is -2.54. The molecule has 0 amide bonds. The summed E-state index contributed by atoms with van der Waals surface area (Å²) in [4.78, 5) is 2.16. The first-order chi connectivity index (χ1) is 9.60. The maximum atomic E-state index is 13.4. The van der Waals surface area contributed by atoms with Gasteiger partial charge in [-0.05, 0) is 39.0 Å². The molecule has 0 saturated carbocycles. The van der Waals surface area contributed by atoms with E-state index < -0.39 is 15.8 Å². The number of hydrogen-bond acceptors (Lipinski definition) is 4. The molecule has 0 atom stereocenters. The summed E-state index contributed by atoms with van der Waals surface area (Å²) in [5, 5.41) is 0. The third kappa shape index (κ3) is 3.53. The Morgan fingerprint density at radius 1 is 1.10 bits per heavy atom. The van der Waals surface area contributed by atoms with E-state index in [1.165, 1.54) is 10.4 Å². The maximum Gasteiger partial charge on any atom is 0.243 e. The van der Waals surface area contributed by atoms with Gasteiger partial charge < -0.3 is 5.73 Å². The zero-order chi connectivity index (χ0) is 15.8. The van der Waals surface area contributed by atoms with E-state index in [0.29, 0.717) is 26.2 Å². The number of hydrogen-bond donors (Lipinski definition) is 1. The predicted octanol–water partition coefficient (Wildman–Crippen LogP) is 1.51. The first-order valence-corrected chi connectivity index (χ1v) is 8.36. The van der Waals surface area contributed by atoms with Crippen LogP contribution in [0.4, 0.5) is 10.1 Å². The van der Waals surface area contributed by atoms with Gasteiger partial charge >= 0.3 is 0 Å². The Hall–Kier alpha value is -1.18. The fraction of sp³-hybridized carbons (Fsp3) is 0.571. The normalized spacial score (nSPS) is 18.9. The summed E-state index contributed by atoms with van der Waals surface area (Å²) in [5.74, 6) is -0.637. The molecule has 118 valence electrons. The van der Waals surface area contributed by atoms with Crippen molar-refractivity contribution in [2.45, 2.75) is 31.2 Å². The number of nitrogen functional groups attached to an aromatic ring is 1. The maximum absolute atomic E-state index is 13.4. The number of anilines is 1. The molecular formula is C14H22FN3O2S. The lowest BCUT2D eigenvalue weighted by atomic mass is 10.1. The summed E-state index contributed by atoms with van der Waals surface area (Å²) in [6, 6.07) is 3.42. The van der Waals surface area contributed by atoms with Crippen LogP contribution in [0.15, 0.2) is 23.1 Å². The van der Waals surface area contributed by atoms with Crippen molar-refractivity contribution in [1.29, 1.82) is 0 Å². The molecule has 5 nitrogen and oxygen atoms in total. The zero-order valence-electron chi connectivity index (χ0n) is 12.6. The van der Waals surface area contributed by atoms with Gasteiger partial charge in [-0.1, -0.05) is 0 Å². The van der Waals surface area contributed by atoms with Crippen molar-refractivity contribution in [2.75, 3.05) is 31.9 Å². The number of piperazine rings is 1. The topological polar surface area (TPSA) is 66.6 Å². The third-order valence-corrected chi connectivity index (χ3v) is 5.60. The van der Waals surface area contributed by atoms with Crippen LogP contribution in [0.2, 0.25) is 0 Å². The van der Waals surface area contributed by atoms with E-state index in [-0.39, 0.29) is 16.1 Å². The summed E-state index contributed by atoms with van der Waals surface area (Å²) in [6.07, 6.45) is 0. The zero-order valence-corrected chi connectivity index (χ0v) is 13.5. The molecule has 0 aliphatic carbocycles. The molecule has 1 fully saturated rings. The van der Waals surface area contributed by atoms with Gasteiger partial charge in [0, 0.05) is 37.4 Å². The molecule has 1 aliphatic heterocycles. The van der Waals surface area contributed by atoms with Crippen molar-refractivity contribution in [1.82, 2.24) is 9.21 Å². The second-order valence-electron chi connectivity index (χ2n) is 6.28. The summed E-state index contributed by atoms with van der Waals surface area (Å²) >= 11 is 0. The average Bonchev–Trinajstić information content (AvgIpc) is 2.36. The van der Waals surface area contributed by atoms with Crippen molar-refractivity contribution in [3.05, 3.63) is 24.0 Å². The smallest absolute Gasteiger partial charge is 0.243 e. The monoisotopic (exact) mass is 315 g/mol. The molecule has 1 aromatic rings. The van der Waals surface area contributed by atoms with Crippen LogP contribution >= 0.6 is 0 Å². The molecule has 0 aromatic heterocycles. The first kappa shape index (κ1) is 16.2. The fourth-order valence-electron chi connectivity index (χ4n) is 2.48. The number of benzene rings is 1. The van der Waals surface area contributed by atoms with Gasteiger partial charge in [-0.2, -0.15) is 4.31 Å². The molecule has 1 saturated heterocycles. The van der Waals surface area contributed by atoms with Gasteiger partial charge in [0.1, 0.15) is 5.82 Å². The molecule has 1 heterocycles. The highest BCUT2D eigenvalue weighted by Gasteiger charge is 2.32. The molecule has 1 aromatic carbocycles. The first-order valence-electron chi connectivity index (χ1n) is 6.92. The van der Waals surface area contributed by atoms with Crippen molar-refractivity contribution in [3.63, 3.8) is 0 Å². The summed E-state index contributed by atoms with van der Waals surface area (Å²) in [6.45, 7) is 8.42. The molecular weight excluding hydrogens is 293 g/mol. The van der Waals surface area contributed by atoms with E-state index >= 15 is 0 Å². The molecule has 2 N–H and O–H groups in total. The van der Waals surface area contributed by atoms with Gasteiger partial charge in [-0.3, -0.25) is 4.90 Å². The number of halogens is 1. The second kappa shape index (κ2) is 5.55. The standard InChI is InChI=1S/C14H22FN3O2S/c1-14(2,3)17-4-6-18(7-5-17)21(19,20)13-9-11(15)8-12(16)10-13/h8-10H,4-7,16H2,1-3H3. The Kier molecular flexibility index (Phi) is 4.28. The molecule has 0 spiro atoms. The van der Waals surface area contributed by atoms with Crippen molar-refractivity contribution >= 4 is 15.7 Å². The SMILES string of the molecule is CC(C)(C)N1CCN(S(=O)(=O)c2cc(N)cc(F)c2)CC1. The number of sulfonamides is 1. The molecule has 0 radical (unpaired) electrons. The Balaban J connectivity index is 2.19. The number of nitrogens with two attached hydrogens (primary N) is 1. The van der Waals surface area contributed by atoms with Crippen molar-refractivity contribution < 1.29 is 12.8 Å². The largest absolute Gasteiger partial charge is 0.399 e. The van der Waals surface area contributed by atoms with E-state index in [9.17, 15) is 12.8 Å². The van der Waals surface area contributed by atoms with Crippen LogP contribution in [0.1, 0.15) is 20.8 Å². The number of nitrogens with zero attached hydrogens (tertiary/aromatic N) is 2. The van der Waals surface area contributed by atoms with Crippen LogP contribution in [0.5, 0.6) is 0 Å². The average molecular weight is 315 g/mol. The Morgan fingerprint density at radius 2 is 1.67 bits per heavy atom. The molecule has 7 heteroatoms. The quantitative estimate of drug-likeness (QED) is 0.840. The summed E-state index contributed by atoms with van der Waals surface area (Å²) in [7, 11) is -3.69. The minimum atomic E-state index is -3.69. The van der Waals surface area contributed by atoms with Gasteiger partial charge in [0.2, 0.25) is 10.0 Å². The molecule has 0 unspecified atom stereocenters. The van der Waals surface area contributed by atoms with Crippen LogP contribution in [0.3, 0.4) is 0 Å². The van der Waals surface area contributed by atoms with Gasteiger partial charge in [-0.25, -0.2) is 12.8 Å². The Morgan fingerprint density at radius 3 is 2.14 bits per heavy atom. The van der Waals surface area contributed by atoms with Crippen LogP contribution < -0.4 is 5.73 Å². The summed E-state index contributed by atoms with van der Waals surface area (Å²) < 4.78 is 39.8. The van der Waals surface area contributed by atoms with Crippen LogP contribution in [-0.2, 0) is 10.0 Å². The predicted molar refractivity (Wildman–Crippen MR) is 80.9 cm³/mol. The fourth-order valence-corrected chi connectivity index (χ4v) is 3.97. The highest BCUT2D eigenvalue weighted by Crippen LogP contribution is 2.23. The molecule has 0 bridgehead atoms. The third-order valence-electron chi connectivity index (χ3n) is 3.72. The van der Waals surface area contributed by atoms with E-state index in [2.05, 4.69) is 25.7 Å². The minimum Gasteiger partial charge on any atom is -0.399 e. The van der Waals surface area contributed by atoms with Crippen molar-refractivity contribution in [2.24, 2.45) is 0 Å². The highest BCUT2D eigenvalue weighted by atomic mass is 32.2. The molecule has 21 heavy (non-hydrogen) atoms. The van der Waals surface area contributed by atoms with E-state index in [1.54, 1.807) is 0 Å². The minimum absolute atomic E-state index is 0.0130. The summed E-state index contributed by atoms with van der Waals surface area (Å²) in [5.41, 5.74) is 5.66. The van der Waals surface area contributed by atoms with Crippen molar-refractivity contribution in [3.8, 4) is 0 Å². The lowest BCUT2D eigenvalue weighted by molar-refractivity contribution is 0.0922. The number of rotatable bonds is 2. The lowest BCUT2D eigenvalue weighted by Gasteiger charge is -2.41. The van der Waals surface area contributed by atoms with E-state index in [4.69, 9.17) is 5.73 Å². The van der Waals surface area contributed by atoms with E-state index in [0.717, 1.165) is 12.1 Å². The Labute approximate surface area is 125 Å². The van der Waals surface area contributed by atoms with Gasteiger partial charge in [0.05, 0.1) is 4.90 Å². The second-order valence-corrected chi connectivity index (χ2v) is 8.22. The van der Waals surface area contributed by atoms with E-state index in [1.807, 2.05) is 0 Å². The Bertz CT molecular complexity index is 597. The van der Waals surface area contributed by atoms with Crippen LogP contribution in [0.25, 0.3) is 0 Å². The van der Waals surface area contributed by atoms with Gasteiger partial charge in [-0.15, -0.1) is 0 Å². The molecule has 2 rings (SSSR count). The molecule has 1 aliphatic rings. The van der Waals surface area contributed by atoms with Gasteiger partial charge in [0.25, 0.3) is 0 Å². The van der Waals surface area contributed by atoms with Crippen LogP contribution in [0, 0.1) is 5.82 Å².